The standard InChI is InChI=1S/C6H9FO/c7-5-6(1-2-6)3-4-8/h4H,1-3,5H2. The summed E-state index contributed by atoms with van der Waals surface area (Å²) in [6.45, 7) is -0.314. The molecule has 0 radical (unpaired) electrons. The molecule has 0 amide bonds. The Bertz CT molecular complexity index is 96.7. The number of aldehydes is 1. The molecule has 0 aliphatic heterocycles. The van der Waals surface area contributed by atoms with Crippen molar-refractivity contribution in [1.29, 1.82) is 0 Å². The van der Waals surface area contributed by atoms with E-state index in [2.05, 4.69) is 0 Å². The SMILES string of the molecule is O=CCC1(CF)CC1. The third kappa shape index (κ3) is 0.881. The van der Waals surface area contributed by atoms with E-state index in [4.69, 9.17) is 0 Å². The zero-order valence-corrected chi connectivity index (χ0v) is 4.69. The Morgan fingerprint density at radius 3 is 2.38 bits per heavy atom. The van der Waals surface area contributed by atoms with Crippen molar-refractivity contribution in [2.45, 2.75) is 19.3 Å². The summed E-state index contributed by atoms with van der Waals surface area (Å²) in [7, 11) is 0. The molecule has 0 saturated heterocycles. The quantitative estimate of drug-likeness (QED) is 0.508. The average Bonchev–Trinajstić information content (AvgIpc) is 2.50. The second-order valence-corrected chi connectivity index (χ2v) is 2.50. The van der Waals surface area contributed by atoms with E-state index < -0.39 is 0 Å². The fourth-order valence-electron chi connectivity index (χ4n) is 0.746. The number of hydrogen-bond acceptors (Lipinski definition) is 1. The molecule has 1 rings (SSSR count). The van der Waals surface area contributed by atoms with Gasteiger partial charge in [0.15, 0.2) is 0 Å². The van der Waals surface area contributed by atoms with Crippen molar-refractivity contribution >= 4 is 6.29 Å². The van der Waals surface area contributed by atoms with E-state index in [0.717, 1.165) is 19.1 Å². The van der Waals surface area contributed by atoms with Crippen molar-refractivity contribution in [3.8, 4) is 0 Å². The van der Waals surface area contributed by atoms with Gasteiger partial charge in [0.05, 0.1) is 6.67 Å². The summed E-state index contributed by atoms with van der Waals surface area (Å²) in [5.74, 6) is 0. The van der Waals surface area contributed by atoms with Crippen LogP contribution < -0.4 is 0 Å². The third-order valence-corrected chi connectivity index (χ3v) is 1.76. The first-order valence-electron chi connectivity index (χ1n) is 2.83. The minimum absolute atomic E-state index is 0.193. The van der Waals surface area contributed by atoms with E-state index in [-0.39, 0.29) is 12.1 Å². The average molecular weight is 116 g/mol. The predicted octanol–water partition coefficient (Wildman–Crippen LogP) is 1.33. The van der Waals surface area contributed by atoms with E-state index >= 15 is 0 Å². The van der Waals surface area contributed by atoms with Crippen LogP contribution in [0.25, 0.3) is 0 Å². The molecule has 2 heteroatoms. The van der Waals surface area contributed by atoms with E-state index in [1.807, 2.05) is 0 Å². The lowest BCUT2D eigenvalue weighted by Gasteiger charge is -2.00. The molecule has 1 fully saturated rings. The van der Waals surface area contributed by atoms with Crippen molar-refractivity contribution in [2.75, 3.05) is 6.67 Å². The molecule has 0 unspecified atom stereocenters. The maximum absolute atomic E-state index is 11.9. The van der Waals surface area contributed by atoms with Gasteiger partial charge in [-0.25, -0.2) is 0 Å². The van der Waals surface area contributed by atoms with Gasteiger partial charge in [0.2, 0.25) is 0 Å². The van der Waals surface area contributed by atoms with Gasteiger partial charge in [0.25, 0.3) is 0 Å². The van der Waals surface area contributed by atoms with Gasteiger partial charge >= 0.3 is 0 Å². The maximum Gasteiger partial charge on any atom is 0.120 e. The van der Waals surface area contributed by atoms with Crippen molar-refractivity contribution in [1.82, 2.24) is 0 Å². The molecule has 0 bridgehead atoms. The molecular weight excluding hydrogens is 107 g/mol. The van der Waals surface area contributed by atoms with Crippen LogP contribution in [0.3, 0.4) is 0 Å². The van der Waals surface area contributed by atoms with Crippen molar-refractivity contribution in [2.24, 2.45) is 5.41 Å². The monoisotopic (exact) mass is 116 g/mol. The van der Waals surface area contributed by atoms with Gasteiger partial charge in [-0.05, 0) is 12.8 Å². The lowest BCUT2D eigenvalue weighted by molar-refractivity contribution is -0.109. The van der Waals surface area contributed by atoms with Crippen LogP contribution in [0.15, 0.2) is 0 Å². The van der Waals surface area contributed by atoms with E-state index in [1.54, 1.807) is 0 Å². The summed E-state index contributed by atoms with van der Waals surface area (Å²) in [5, 5.41) is 0. The molecule has 0 aromatic rings. The highest BCUT2D eigenvalue weighted by Gasteiger charge is 2.42. The van der Waals surface area contributed by atoms with Gasteiger partial charge < -0.3 is 4.79 Å². The van der Waals surface area contributed by atoms with Crippen molar-refractivity contribution in [3.63, 3.8) is 0 Å². The van der Waals surface area contributed by atoms with Crippen molar-refractivity contribution < 1.29 is 9.18 Å². The summed E-state index contributed by atoms with van der Waals surface area (Å²) in [4.78, 5) is 9.85. The summed E-state index contributed by atoms with van der Waals surface area (Å²) in [6.07, 6.45) is 3.04. The molecule has 1 saturated carbocycles. The number of carbonyl (C=O) groups excluding carboxylic acids is 1. The van der Waals surface area contributed by atoms with Gasteiger partial charge in [-0.3, -0.25) is 4.39 Å². The Hall–Kier alpha value is -0.400. The highest BCUT2D eigenvalue weighted by molar-refractivity contribution is 5.51. The molecule has 0 atom stereocenters. The smallest absolute Gasteiger partial charge is 0.120 e. The molecule has 0 aromatic carbocycles. The number of hydrogen-bond donors (Lipinski definition) is 0. The van der Waals surface area contributed by atoms with E-state index in [9.17, 15) is 9.18 Å². The van der Waals surface area contributed by atoms with Gasteiger partial charge in [0.1, 0.15) is 6.29 Å². The second kappa shape index (κ2) is 1.84. The zero-order valence-electron chi connectivity index (χ0n) is 4.69. The molecule has 8 heavy (non-hydrogen) atoms. The topological polar surface area (TPSA) is 17.1 Å². The molecule has 0 spiro atoms. The fraction of sp³-hybridized carbons (Fsp3) is 0.833. The number of rotatable bonds is 3. The van der Waals surface area contributed by atoms with Crippen LogP contribution in [0.2, 0.25) is 0 Å². The van der Waals surface area contributed by atoms with E-state index in [0.29, 0.717) is 6.42 Å². The molecule has 46 valence electrons. The predicted molar refractivity (Wildman–Crippen MR) is 28.3 cm³/mol. The molecule has 0 N–H and O–H groups in total. The Kier molecular flexibility index (Phi) is 1.32. The van der Waals surface area contributed by atoms with Crippen LogP contribution in [0.5, 0.6) is 0 Å². The normalized spacial score (nSPS) is 22.6. The lowest BCUT2D eigenvalue weighted by atomic mass is 10.1. The Morgan fingerprint density at radius 1 is 1.62 bits per heavy atom. The summed E-state index contributed by atoms with van der Waals surface area (Å²) >= 11 is 0. The summed E-state index contributed by atoms with van der Waals surface area (Å²) in [5.41, 5.74) is -0.193. The van der Waals surface area contributed by atoms with E-state index in [1.165, 1.54) is 0 Å². The van der Waals surface area contributed by atoms with Crippen LogP contribution in [-0.2, 0) is 4.79 Å². The highest BCUT2D eigenvalue weighted by Crippen LogP contribution is 2.48. The fourth-order valence-corrected chi connectivity index (χ4v) is 0.746. The molecule has 1 aliphatic rings. The third-order valence-electron chi connectivity index (χ3n) is 1.76. The van der Waals surface area contributed by atoms with Gasteiger partial charge in [-0.1, -0.05) is 0 Å². The number of halogens is 1. The summed E-state index contributed by atoms with van der Waals surface area (Å²) in [6, 6.07) is 0. The maximum atomic E-state index is 11.9. The second-order valence-electron chi connectivity index (χ2n) is 2.50. The minimum atomic E-state index is -0.314. The first-order chi connectivity index (χ1) is 3.83. The van der Waals surface area contributed by atoms with Crippen LogP contribution in [-0.4, -0.2) is 13.0 Å². The first kappa shape index (κ1) is 5.73. The molecule has 1 nitrogen and oxygen atoms in total. The van der Waals surface area contributed by atoms with Gasteiger partial charge in [-0.2, -0.15) is 0 Å². The Labute approximate surface area is 47.9 Å². The molecule has 1 aliphatic carbocycles. The zero-order chi connectivity index (χ0) is 6.04. The largest absolute Gasteiger partial charge is 0.303 e. The lowest BCUT2D eigenvalue weighted by Crippen LogP contribution is -2.02. The van der Waals surface area contributed by atoms with Gasteiger partial charge in [0, 0.05) is 11.8 Å². The van der Waals surface area contributed by atoms with Crippen LogP contribution in [0.1, 0.15) is 19.3 Å². The molecular formula is C6H9FO. The molecule has 0 heterocycles. The highest BCUT2D eigenvalue weighted by atomic mass is 19.1. The van der Waals surface area contributed by atoms with Crippen LogP contribution in [0, 0.1) is 5.41 Å². The molecule has 0 aromatic heterocycles. The Balaban J connectivity index is 2.29. The number of alkyl halides is 1. The first-order valence-corrected chi connectivity index (χ1v) is 2.83. The summed E-state index contributed by atoms with van der Waals surface area (Å²) < 4.78 is 11.9. The van der Waals surface area contributed by atoms with Crippen LogP contribution in [0.4, 0.5) is 4.39 Å². The van der Waals surface area contributed by atoms with Gasteiger partial charge in [-0.15, -0.1) is 0 Å². The van der Waals surface area contributed by atoms with Crippen molar-refractivity contribution in [3.05, 3.63) is 0 Å². The Morgan fingerprint density at radius 2 is 2.25 bits per heavy atom. The number of carbonyl (C=O) groups is 1. The van der Waals surface area contributed by atoms with Crippen LogP contribution >= 0.6 is 0 Å². The minimum Gasteiger partial charge on any atom is -0.303 e.